The SMILES string of the molecule is NCC#Cc1cncc(C(=O)NCC2CCC(=O)N2)c1. The minimum Gasteiger partial charge on any atom is -0.352 e. The van der Waals surface area contributed by atoms with E-state index < -0.39 is 0 Å². The average molecular weight is 272 g/mol. The molecule has 2 amide bonds. The van der Waals surface area contributed by atoms with E-state index in [2.05, 4.69) is 27.5 Å². The molecular formula is C14H16N4O2. The van der Waals surface area contributed by atoms with Gasteiger partial charge in [0.25, 0.3) is 5.91 Å². The van der Waals surface area contributed by atoms with E-state index in [-0.39, 0.29) is 24.4 Å². The van der Waals surface area contributed by atoms with Crippen LogP contribution in [-0.2, 0) is 4.79 Å². The Balaban J connectivity index is 1.93. The van der Waals surface area contributed by atoms with Crippen LogP contribution in [0.15, 0.2) is 18.5 Å². The maximum Gasteiger partial charge on any atom is 0.252 e. The van der Waals surface area contributed by atoms with Gasteiger partial charge in [-0.25, -0.2) is 0 Å². The van der Waals surface area contributed by atoms with Gasteiger partial charge in [0.15, 0.2) is 0 Å². The van der Waals surface area contributed by atoms with Gasteiger partial charge in [-0.2, -0.15) is 0 Å². The van der Waals surface area contributed by atoms with Crippen molar-refractivity contribution in [1.82, 2.24) is 15.6 Å². The van der Waals surface area contributed by atoms with Crippen LogP contribution < -0.4 is 16.4 Å². The Morgan fingerprint density at radius 3 is 3.10 bits per heavy atom. The smallest absolute Gasteiger partial charge is 0.252 e. The number of hydrogen-bond acceptors (Lipinski definition) is 4. The zero-order valence-electron chi connectivity index (χ0n) is 11.0. The molecule has 6 heteroatoms. The van der Waals surface area contributed by atoms with Gasteiger partial charge in [-0.15, -0.1) is 0 Å². The number of carbonyl (C=O) groups is 2. The van der Waals surface area contributed by atoms with Crippen molar-refractivity contribution in [1.29, 1.82) is 0 Å². The number of pyridine rings is 1. The number of carbonyl (C=O) groups excluding carboxylic acids is 2. The first kappa shape index (κ1) is 14.0. The van der Waals surface area contributed by atoms with E-state index in [1.54, 1.807) is 12.3 Å². The van der Waals surface area contributed by atoms with Crippen LogP contribution in [0.1, 0.15) is 28.8 Å². The lowest BCUT2D eigenvalue weighted by Crippen LogP contribution is -2.38. The molecule has 1 saturated heterocycles. The summed E-state index contributed by atoms with van der Waals surface area (Å²) in [4.78, 5) is 27.0. The fourth-order valence-corrected chi connectivity index (χ4v) is 1.93. The van der Waals surface area contributed by atoms with Crippen LogP contribution in [0.5, 0.6) is 0 Å². The lowest BCUT2D eigenvalue weighted by atomic mass is 10.2. The first-order chi connectivity index (χ1) is 9.69. The lowest BCUT2D eigenvalue weighted by molar-refractivity contribution is -0.119. The van der Waals surface area contributed by atoms with Crippen molar-refractivity contribution in [2.75, 3.05) is 13.1 Å². The highest BCUT2D eigenvalue weighted by atomic mass is 16.2. The maximum atomic E-state index is 12.0. The Kier molecular flexibility index (Phi) is 4.69. The van der Waals surface area contributed by atoms with Crippen LogP contribution in [0.2, 0.25) is 0 Å². The fraction of sp³-hybridized carbons (Fsp3) is 0.357. The Bertz CT molecular complexity index is 574. The van der Waals surface area contributed by atoms with Gasteiger partial charge >= 0.3 is 0 Å². The topological polar surface area (TPSA) is 97.1 Å². The van der Waals surface area contributed by atoms with Crippen LogP contribution in [0.25, 0.3) is 0 Å². The van der Waals surface area contributed by atoms with Gasteiger partial charge in [0.1, 0.15) is 0 Å². The summed E-state index contributed by atoms with van der Waals surface area (Å²) in [7, 11) is 0. The van der Waals surface area contributed by atoms with Gasteiger partial charge in [0.2, 0.25) is 5.91 Å². The van der Waals surface area contributed by atoms with E-state index in [0.717, 1.165) is 6.42 Å². The minimum atomic E-state index is -0.227. The van der Waals surface area contributed by atoms with Crippen molar-refractivity contribution in [2.45, 2.75) is 18.9 Å². The number of aromatic nitrogens is 1. The summed E-state index contributed by atoms with van der Waals surface area (Å²) in [6, 6.07) is 1.68. The number of nitrogens with one attached hydrogen (secondary N) is 2. The molecule has 4 N–H and O–H groups in total. The second-order valence-corrected chi connectivity index (χ2v) is 4.48. The predicted molar refractivity (Wildman–Crippen MR) is 73.7 cm³/mol. The Labute approximate surface area is 117 Å². The summed E-state index contributed by atoms with van der Waals surface area (Å²) < 4.78 is 0. The predicted octanol–water partition coefficient (Wildman–Crippen LogP) is -0.600. The van der Waals surface area contributed by atoms with E-state index in [4.69, 9.17) is 5.73 Å². The van der Waals surface area contributed by atoms with Gasteiger partial charge in [0, 0.05) is 37.0 Å². The number of nitrogens with zero attached hydrogens (tertiary/aromatic N) is 1. The average Bonchev–Trinajstić information content (AvgIpc) is 2.88. The van der Waals surface area contributed by atoms with Gasteiger partial charge in [0.05, 0.1) is 12.1 Å². The summed E-state index contributed by atoms with van der Waals surface area (Å²) in [5.74, 6) is 5.34. The van der Waals surface area contributed by atoms with E-state index in [0.29, 0.717) is 24.1 Å². The molecule has 1 fully saturated rings. The Morgan fingerprint density at radius 1 is 1.55 bits per heavy atom. The van der Waals surface area contributed by atoms with E-state index in [9.17, 15) is 9.59 Å². The monoisotopic (exact) mass is 272 g/mol. The molecule has 6 nitrogen and oxygen atoms in total. The van der Waals surface area contributed by atoms with Crippen molar-refractivity contribution in [3.63, 3.8) is 0 Å². The number of rotatable bonds is 3. The van der Waals surface area contributed by atoms with E-state index in [1.165, 1.54) is 6.20 Å². The van der Waals surface area contributed by atoms with Crippen LogP contribution in [-0.4, -0.2) is 35.9 Å². The molecule has 1 aliphatic heterocycles. The van der Waals surface area contributed by atoms with Crippen LogP contribution >= 0.6 is 0 Å². The molecule has 20 heavy (non-hydrogen) atoms. The largest absolute Gasteiger partial charge is 0.352 e. The van der Waals surface area contributed by atoms with Gasteiger partial charge in [-0.3, -0.25) is 14.6 Å². The third-order valence-electron chi connectivity index (χ3n) is 2.93. The molecule has 1 unspecified atom stereocenters. The summed E-state index contributed by atoms with van der Waals surface area (Å²) in [6.45, 7) is 0.682. The zero-order valence-corrected chi connectivity index (χ0v) is 11.0. The molecule has 0 radical (unpaired) electrons. The fourth-order valence-electron chi connectivity index (χ4n) is 1.93. The normalized spacial score (nSPS) is 17.1. The summed E-state index contributed by atoms with van der Waals surface area (Å²) in [5.41, 5.74) is 6.39. The molecule has 1 atom stereocenters. The van der Waals surface area contributed by atoms with Crippen molar-refractivity contribution in [3.05, 3.63) is 29.6 Å². The van der Waals surface area contributed by atoms with Crippen molar-refractivity contribution >= 4 is 11.8 Å². The van der Waals surface area contributed by atoms with E-state index in [1.807, 2.05) is 0 Å². The highest BCUT2D eigenvalue weighted by Crippen LogP contribution is 2.06. The number of amides is 2. The van der Waals surface area contributed by atoms with Crippen LogP contribution in [0.3, 0.4) is 0 Å². The lowest BCUT2D eigenvalue weighted by Gasteiger charge is -2.11. The minimum absolute atomic E-state index is 0.0135. The third-order valence-corrected chi connectivity index (χ3v) is 2.93. The molecule has 0 bridgehead atoms. The van der Waals surface area contributed by atoms with Gasteiger partial charge in [-0.1, -0.05) is 11.8 Å². The quantitative estimate of drug-likeness (QED) is 0.640. The highest BCUT2D eigenvalue weighted by molar-refractivity contribution is 5.94. The first-order valence-electron chi connectivity index (χ1n) is 6.40. The number of nitrogens with two attached hydrogens (primary N) is 1. The van der Waals surface area contributed by atoms with Crippen molar-refractivity contribution < 1.29 is 9.59 Å². The molecule has 1 aromatic heterocycles. The highest BCUT2D eigenvalue weighted by Gasteiger charge is 2.21. The molecule has 0 spiro atoms. The molecule has 0 aliphatic carbocycles. The second kappa shape index (κ2) is 6.68. The first-order valence-corrected chi connectivity index (χ1v) is 6.40. The molecule has 2 rings (SSSR count). The molecule has 1 aliphatic rings. The molecule has 1 aromatic rings. The maximum absolute atomic E-state index is 12.0. The Morgan fingerprint density at radius 2 is 2.40 bits per heavy atom. The summed E-state index contributed by atoms with van der Waals surface area (Å²) in [5, 5.41) is 5.57. The standard InChI is InChI=1S/C14H16N4O2/c15-5-1-2-10-6-11(8-16-7-10)14(20)17-9-12-3-4-13(19)18-12/h6-8,12H,3-5,9,15H2,(H,17,20)(H,18,19). The van der Waals surface area contributed by atoms with Gasteiger partial charge in [-0.05, 0) is 12.5 Å². The second-order valence-electron chi connectivity index (χ2n) is 4.48. The third kappa shape index (κ3) is 3.80. The van der Waals surface area contributed by atoms with E-state index >= 15 is 0 Å². The van der Waals surface area contributed by atoms with Crippen LogP contribution in [0.4, 0.5) is 0 Å². The number of hydrogen-bond donors (Lipinski definition) is 3. The summed E-state index contributed by atoms with van der Waals surface area (Å²) in [6.07, 6.45) is 4.33. The molecule has 104 valence electrons. The Hall–Kier alpha value is -2.39. The zero-order chi connectivity index (χ0) is 14.4. The summed E-state index contributed by atoms with van der Waals surface area (Å²) >= 11 is 0. The van der Waals surface area contributed by atoms with Crippen LogP contribution in [0, 0.1) is 11.8 Å². The molecule has 0 aromatic carbocycles. The van der Waals surface area contributed by atoms with Gasteiger partial charge < -0.3 is 16.4 Å². The van der Waals surface area contributed by atoms with Crippen molar-refractivity contribution in [2.24, 2.45) is 5.73 Å². The molecule has 0 saturated carbocycles. The molecule has 2 heterocycles. The van der Waals surface area contributed by atoms with Crippen molar-refractivity contribution in [3.8, 4) is 11.8 Å². The molecular weight excluding hydrogens is 256 g/mol.